The molecule has 10 nitrogen and oxygen atoms in total. The Bertz CT molecular complexity index is 1240. The minimum absolute atomic E-state index is 0.0192. The van der Waals surface area contributed by atoms with E-state index in [1.54, 1.807) is 58.2 Å². The summed E-state index contributed by atoms with van der Waals surface area (Å²) in [6.45, 7) is 5.44. The van der Waals surface area contributed by atoms with Gasteiger partial charge in [-0.05, 0) is 50.5 Å². The number of aliphatic carboxylic acids is 1. The molecule has 0 aromatic heterocycles. The normalized spacial score (nSPS) is 15.9. The molecular weight excluding hydrogens is 488 g/mol. The second-order valence-electron chi connectivity index (χ2n) is 9.45. The van der Waals surface area contributed by atoms with Gasteiger partial charge in [-0.25, -0.2) is 18.0 Å². The zero-order valence-electron chi connectivity index (χ0n) is 21.0. The Labute approximate surface area is 211 Å². The fraction of sp³-hybridized carbons (Fsp3) is 0.440. The number of ether oxygens (including phenoxy) is 3. The Morgan fingerprint density at radius 1 is 1.11 bits per heavy atom. The standard InChI is InChI=1S/C25H32N2O8S/c1-25(2,3)35-24(30)26-20(23(28)29)13-16-6-9-22-17(12-16)10-11-27(36(22,31)32)15-18-7-8-19(33-4)14-21(18)34-5/h6-9,12,14,20H,10-11,13,15H2,1-5H3,(H,26,30)(H,28,29). The molecule has 1 atom stereocenters. The van der Waals surface area contributed by atoms with Crippen LogP contribution in [0, 0.1) is 0 Å². The summed E-state index contributed by atoms with van der Waals surface area (Å²) < 4.78 is 43.8. The highest BCUT2D eigenvalue weighted by molar-refractivity contribution is 7.89. The van der Waals surface area contributed by atoms with Crippen molar-refractivity contribution in [1.82, 2.24) is 9.62 Å². The second kappa shape index (κ2) is 10.8. The highest BCUT2D eigenvalue weighted by Gasteiger charge is 2.33. The first kappa shape index (κ1) is 27.3. The van der Waals surface area contributed by atoms with E-state index in [1.165, 1.54) is 17.5 Å². The van der Waals surface area contributed by atoms with Crippen LogP contribution in [0.4, 0.5) is 4.79 Å². The Balaban J connectivity index is 1.78. The van der Waals surface area contributed by atoms with Gasteiger partial charge in [-0.2, -0.15) is 4.31 Å². The number of amides is 1. The van der Waals surface area contributed by atoms with Crippen molar-refractivity contribution in [3.8, 4) is 11.5 Å². The highest BCUT2D eigenvalue weighted by atomic mass is 32.2. The van der Waals surface area contributed by atoms with Crippen molar-refractivity contribution in [3.05, 3.63) is 53.1 Å². The number of nitrogens with zero attached hydrogens (tertiary/aromatic N) is 1. The number of alkyl carbamates (subject to hydrolysis) is 1. The van der Waals surface area contributed by atoms with Crippen LogP contribution in [0.3, 0.4) is 0 Å². The fourth-order valence-electron chi connectivity index (χ4n) is 3.93. The van der Waals surface area contributed by atoms with Crippen molar-refractivity contribution in [2.45, 2.75) is 56.7 Å². The molecule has 2 aromatic carbocycles. The van der Waals surface area contributed by atoms with E-state index in [9.17, 15) is 23.1 Å². The molecule has 0 spiro atoms. The fourth-order valence-corrected chi connectivity index (χ4v) is 5.58. The van der Waals surface area contributed by atoms with Gasteiger partial charge in [-0.1, -0.05) is 18.2 Å². The summed E-state index contributed by atoms with van der Waals surface area (Å²) in [6, 6.07) is 8.75. The topological polar surface area (TPSA) is 131 Å². The number of sulfonamides is 1. The minimum Gasteiger partial charge on any atom is -0.497 e. The van der Waals surface area contributed by atoms with Crippen LogP contribution in [0.1, 0.15) is 37.5 Å². The number of rotatable bonds is 8. The molecule has 0 aliphatic carbocycles. The molecule has 1 aliphatic heterocycles. The zero-order valence-corrected chi connectivity index (χ0v) is 21.8. The minimum atomic E-state index is -3.78. The van der Waals surface area contributed by atoms with Crippen LogP contribution in [0.2, 0.25) is 0 Å². The lowest BCUT2D eigenvalue weighted by Gasteiger charge is -2.29. The van der Waals surface area contributed by atoms with Gasteiger partial charge in [0.25, 0.3) is 0 Å². The zero-order chi connectivity index (χ0) is 26.7. The molecule has 1 heterocycles. The van der Waals surface area contributed by atoms with Gasteiger partial charge in [0.2, 0.25) is 10.0 Å². The number of nitrogens with one attached hydrogen (secondary N) is 1. The van der Waals surface area contributed by atoms with E-state index in [0.717, 1.165) is 0 Å². The first-order chi connectivity index (χ1) is 16.8. The maximum atomic E-state index is 13.3. The SMILES string of the molecule is COc1ccc(CN2CCc3cc(CC(NC(=O)OC(C)(C)C)C(=O)O)ccc3S2(=O)=O)c(OC)c1. The van der Waals surface area contributed by atoms with Crippen molar-refractivity contribution in [2.75, 3.05) is 20.8 Å². The number of benzene rings is 2. The molecule has 2 N–H and O–H groups in total. The van der Waals surface area contributed by atoms with Gasteiger partial charge in [0, 0.05) is 31.1 Å². The van der Waals surface area contributed by atoms with Crippen molar-refractivity contribution >= 4 is 22.1 Å². The molecule has 36 heavy (non-hydrogen) atoms. The van der Waals surface area contributed by atoms with Gasteiger partial charge in [0.1, 0.15) is 23.1 Å². The number of hydrogen-bond acceptors (Lipinski definition) is 7. The van der Waals surface area contributed by atoms with Crippen LogP contribution in [-0.4, -0.2) is 62.3 Å². The molecule has 1 unspecified atom stereocenters. The number of carbonyl (C=O) groups excluding carboxylic acids is 1. The van der Waals surface area contributed by atoms with Crippen LogP contribution >= 0.6 is 0 Å². The lowest BCUT2D eigenvalue weighted by atomic mass is 10.0. The predicted octanol–water partition coefficient (Wildman–Crippen LogP) is 2.97. The Hall–Kier alpha value is -3.31. The van der Waals surface area contributed by atoms with E-state index in [2.05, 4.69) is 5.32 Å². The molecule has 0 radical (unpaired) electrons. The van der Waals surface area contributed by atoms with E-state index in [1.807, 2.05) is 0 Å². The maximum Gasteiger partial charge on any atom is 0.408 e. The molecule has 2 aromatic rings. The quantitative estimate of drug-likeness (QED) is 0.543. The van der Waals surface area contributed by atoms with Crippen molar-refractivity contribution in [1.29, 1.82) is 0 Å². The molecule has 0 bridgehead atoms. The third-order valence-electron chi connectivity index (χ3n) is 5.64. The van der Waals surface area contributed by atoms with Gasteiger partial charge in [-0.15, -0.1) is 0 Å². The van der Waals surface area contributed by atoms with Crippen LogP contribution in [0.15, 0.2) is 41.3 Å². The first-order valence-corrected chi connectivity index (χ1v) is 12.8. The lowest BCUT2D eigenvalue weighted by Crippen LogP contribution is -2.44. The summed E-state index contributed by atoms with van der Waals surface area (Å²) in [7, 11) is -0.724. The third-order valence-corrected chi connectivity index (χ3v) is 7.59. The third kappa shape index (κ3) is 6.46. The predicted molar refractivity (Wildman–Crippen MR) is 132 cm³/mol. The Morgan fingerprint density at radius 3 is 2.44 bits per heavy atom. The summed E-state index contributed by atoms with van der Waals surface area (Å²) in [4.78, 5) is 23.9. The van der Waals surface area contributed by atoms with E-state index in [0.29, 0.717) is 34.6 Å². The summed E-state index contributed by atoms with van der Waals surface area (Å²) in [5.41, 5.74) is 1.14. The molecule has 0 fully saturated rings. The molecule has 3 rings (SSSR count). The van der Waals surface area contributed by atoms with Crippen LogP contribution in [-0.2, 0) is 38.9 Å². The first-order valence-electron chi connectivity index (χ1n) is 11.4. The largest absolute Gasteiger partial charge is 0.497 e. The average molecular weight is 521 g/mol. The van der Waals surface area contributed by atoms with Gasteiger partial charge < -0.3 is 24.6 Å². The van der Waals surface area contributed by atoms with Gasteiger partial charge in [-0.3, -0.25) is 0 Å². The number of hydrogen-bond donors (Lipinski definition) is 2. The summed E-state index contributed by atoms with van der Waals surface area (Å²) in [6.07, 6.45) is -0.396. The van der Waals surface area contributed by atoms with Crippen LogP contribution in [0.5, 0.6) is 11.5 Å². The van der Waals surface area contributed by atoms with E-state index < -0.39 is 33.7 Å². The molecular formula is C25H32N2O8S. The average Bonchev–Trinajstić information content (AvgIpc) is 2.79. The van der Waals surface area contributed by atoms with E-state index in [-0.39, 0.29) is 24.4 Å². The number of carboxylic acids is 1. The smallest absolute Gasteiger partial charge is 0.408 e. The maximum absolute atomic E-state index is 13.3. The van der Waals surface area contributed by atoms with Gasteiger partial charge in [0.15, 0.2) is 0 Å². The summed E-state index contributed by atoms with van der Waals surface area (Å²) in [5.74, 6) is -0.0792. The van der Waals surface area contributed by atoms with Crippen molar-refractivity contribution in [3.63, 3.8) is 0 Å². The van der Waals surface area contributed by atoms with E-state index in [4.69, 9.17) is 14.2 Å². The van der Waals surface area contributed by atoms with Crippen molar-refractivity contribution in [2.24, 2.45) is 0 Å². The molecule has 0 saturated heterocycles. The van der Waals surface area contributed by atoms with Gasteiger partial charge in [0.05, 0.1) is 19.1 Å². The molecule has 1 amide bonds. The van der Waals surface area contributed by atoms with E-state index >= 15 is 0 Å². The lowest BCUT2D eigenvalue weighted by molar-refractivity contribution is -0.139. The number of methoxy groups -OCH3 is 2. The summed E-state index contributed by atoms with van der Waals surface area (Å²) in [5, 5.41) is 11.9. The second-order valence-corrected chi connectivity index (χ2v) is 11.4. The molecule has 196 valence electrons. The van der Waals surface area contributed by atoms with Crippen molar-refractivity contribution < 1.29 is 37.3 Å². The summed E-state index contributed by atoms with van der Waals surface area (Å²) >= 11 is 0. The Kier molecular flexibility index (Phi) is 8.15. The Morgan fingerprint density at radius 2 is 1.83 bits per heavy atom. The molecule has 1 aliphatic rings. The molecule has 0 saturated carbocycles. The number of fused-ring (bicyclic) bond motifs is 1. The molecule has 11 heteroatoms. The number of carbonyl (C=O) groups is 2. The number of carboxylic acid groups (broad SMARTS) is 1. The highest BCUT2D eigenvalue weighted by Crippen LogP contribution is 2.32. The van der Waals surface area contributed by atoms with Crippen LogP contribution in [0.25, 0.3) is 0 Å². The monoisotopic (exact) mass is 520 g/mol. The van der Waals surface area contributed by atoms with Crippen LogP contribution < -0.4 is 14.8 Å². The van der Waals surface area contributed by atoms with Gasteiger partial charge >= 0.3 is 12.1 Å².